The summed E-state index contributed by atoms with van der Waals surface area (Å²) >= 11 is 1.87. The van der Waals surface area contributed by atoms with Crippen LogP contribution in [0.25, 0.3) is 0 Å². The fraction of sp³-hybridized carbons (Fsp3) is 0.667. The summed E-state index contributed by atoms with van der Waals surface area (Å²) in [7, 11) is 1.62. The number of methoxy groups -OCH3 is 1. The number of nitrogens with zero attached hydrogens (tertiary/aromatic N) is 1. The van der Waals surface area contributed by atoms with Crippen LogP contribution in [0.1, 0.15) is 23.6 Å². The van der Waals surface area contributed by atoms with Crippen molar-refractivity contribution in [3.63, 3.8) is 0 Å². The number of hydrogen-bond acceptors (Lipinski definition) is 4. The molecule has 1 fully saturated rings. The maximum atomic E-state index is 11.5. The van der Waals surface area contributed by atoms with Gasteiger partial charge in [0.25, 0.3) is 0 Å². The summed E-state index contributed by atoms with van der Waals surface area (Å²) in [6.45, 7) is 4.96. The molecule has 0 aliphatic carbocycles. The van der Waals surface area contributed by atoms with E-state index in [2.05, 4.69) is 33.0 Å². The van der Waals surface area contributed by atoms with Gasteiger partial charge in [-0.05, 0) is 43.3 Å². The molecular weight excluding hydrogens is 286 g/mol. The van der Waals surface area contributed by atoms with Gasteiger partial charge in [0, 0.05) is 31.6 Å². The third-order valence-corrected chi connectivity index (χ3v) is 4.87. The van der Waals surface area contributed by atoms with Crippen LogP contribution >= 0.6 is 11.3 Å². The Bertz CT molecular complexity index is 403. The minimum Gasteiger partial charge on any atom is -0.383 e. The lowest BCUT2D eigenvalue weighted by atomic mass is 9.95. The zero-order valence-electron chi connectivity index (χ0n) is 12.6. The molecule has 1 aromatic heterocycles. The van der Waals surface area contributed by atoms with Gasteiger partial charge in [-0.3, -0.25) is 0 Å². The van der Waals surface area contributed by atoms with Gasteiger partial charge in [-0.15, -0.1) is 11.3 Å². The standard InChI is InChI=1S/C15H25N3O2S/c1-20-11-7-17-15(19)16-6-10-18-8-4-13(5-9-18)14-3-2-12-21-14/h2-3,12-13H,4-11H2,1H3,(H2,16,17,19). The van der Waals surface area contributed by atoms with E-state index >= 15 is 0 Å². The second kappa shape index (κ2) is 9.02. The molecule has 0 aromatic carbocycles. The second-order valence-corrected chi connectivity index (χ2v) is 6.29. The van der Waals surface area contributed by atoms with E-state index in [1.165, 1.54) is 17.7 Å². The molecule has 2 rings (SSSR count). The Hall–Kier alpha value is -1.11. The summed E-state index contributed by atoms with van der Waals surface area (Å²) < 4.78 is 4.88. The number of piperidine rings is 1. The van der Waals surface area contributed by atoms with Crippen LogP contribution < -0.4 is 10.6 Å². The van der Waals surface area contributed by atoms with Gasteiger partial charge in [0.1, 0.15) is 0 Å². The van der Waals surface area contributed by atoms with E-state index in [0.29, 0.717) is 19.7 Å². The van der Waals surface area contributed by atoms with Crippen LogP contribution in [-0.4, -0.2) is 57.4 Å². The van der Waals surface area contributed by atoms with Crippen LogP contribution in [0, 0.1) is 0 Å². The second-order valence-electron chi connectivity index (χ2n) is 5.31. The summed E-state index contributed by atoms with van der Waals surface area (Å²) in [5, 5.41) is 7.80. The Morgan fingerprint density at radius 3 is 2.81 bits per heavy atom. The minimum absolute atomic E-state index is 0.111. The van der Waals surface area contributed by atoms with Gasteiger partial charge in [-0.1, -0.05) is 6.07 Å². The number of thiophene rings is 1. The van der Waals surface area contributed by atoms with E-state index < -0.39 is 0 Å². The molecule has 1 aliphatic rings. The van der Waals surface area contributed by atoms with Gasteiger partial charge in [0.2, 0.25) is 0 Å². The maximum absolute atomic E-state index is 11.5. The van der Waals surface area contributed by atoms with Crippen molar-refractivity contribution in [2.45, 2.75) is 18.8 Å². The van der Waals surface area contributed by atoms with Crippen molar-refractivity contribution in [1.29, 1.82) is 0 Å². The molecule has 0 radical (unpaired) electrons. The van der Waals surface area contributed by atoms with E-state index in [0.717, 1.165) is 25.6 Å². The fourth-order valence-corrected chi connectivity index (χ4v) is 3.52. The van der Waals surface area contributed by atoms with E-state index in [1.807, 2.05) is 11.3 Å². The quantitative estimate of drug-likeness (QED) is 0.756. The highest BCUT2D eigenvalue weighted by molar-refractivity contribution is 7.10. The molecule has 118 valence electrons. The highest BCUT2D eigenvalue weighted by Gasteiger charge is 2.20. The zero-order valence-corrected chi connectivity index (χ0v) is 13.5. The summed E-state index contributed by atoms with van der Waals surface area (Å²) in [5.74, 6) is 0.728. The van der Waals surface area contributed by atoms with E-state index in [9.17, 15) is 4.79 Å². The van der Waals surface area contributed by atoms with E-state index in [1.54, 1.807) is 7.11 Å². The number of carbonyl (C=O) groups excluding carboxylic acids is 1. The van der Waals surface area contributed by atoms with Gasteiger partial charge in [-0.25, -0.2) is 4.79 Å². The van der Waals surface area contributed by atoms with Crippen LogP contribution in [0.3, 0.4) is 0 Å². The highest BCUT2D eigenvalue weighted by atomic mass is 32.1. The van der Waals surface area contributed by atoms with Crippen LogP contribution in [0.5, 0.6) is 0 Å². The molecule has 2 amide bonds. The molecule has 6 heteroatoms. The largest absolute Gasteiger partial charge is 0.383 e. The number of ether oxygens (including phenoxy) is 1. The third-order valence-electron chi connectivity index (χ3n) is 3.84. The smallest absolute Gasteiger partial charge is 0.314 e. The summed E-state index contributed by atoms with van der Waals surface area (Å²) in [4.78, 5) is 15.4. The molecule has 1 aromatic rings. The number of carbonyl (C=O) groups is 1. The highest BCUT2D eigenvalue weighted by Crippen LogP contribution is 2.30. The van der Waals surface area contributed by atoms with Gasteiger partial charge in [-0.2, -0.15) is 0 Å². The van der Waals surface area contributed by atoms with Crippen molar-refractivity contribution in [3.05, 3.63) is 22.4 Å². The molecule has 0 bridgehead atoms. The fourth-order valence-electron chi connectivity index (χ4n) is 2.62. The van der Waals surface area contributed by atoms with Gasteiger partial charge in [0.15, 0.2) is 0 Å². The first-order valence-electron chi connectivity index (χ1n) is 7.56. The maximum Gasteiger partial charge on any atom is 0.314 e. The van der Waals surface area contributed by atoms with Crippen molar-refractivity contribution in [1.82, 2.24) is 15.5 Å². The number of nitrogens with one attached hydrogen (secondary N) is 2. The molecule has 0 unspecified atom stereocenters. The topological polar surface area (TPSA) is 53.6 Å². The van der Waals surface area contributed by atoms with Crippen LogP contribution in [0.4, 0.5) is 4.79 Å². The van der Waals surface area contributed by atoms with Crippen molar-refractivity contribution in [2.24, 2.45) is 0 Å². The summed E-state index contributed by atoms with van der Waals surface area (Å²) in [6.07, 6.45) is 2.45. The number of rotatable bonds is 7. The summed E-state index contributed by atoms with van der Waals surface area (Å²) in [5.41, 5.74) is 0. The van der Waals surface area contributed by atoms with Gasteiger partial charge < -0.3 is 20.3 Å². The molecule has 1 saturated heterocycles. The number of likely N-dealkylation sites (tertiary alicyclic amines) is 1. The Morgan fingerprint density at radius 1 is 1.38 bits per heavy atom. The lowest BCUT2D eigenvalue weighted by Gasteiger charge is -2.31. The first-order chi connectivity index (χ1) is 10.3. The van der Waals surface area contributed by atoms with E-state index in [4.69, 9.17) is 4.74 Å². The van der Waals surface area contributed by atoms with Crippen molar-refractivity contribution >= 4 is 17.4 Å². The van der Waals surface area contributed by atoms with Crippen LogP contribution in [-0.2, 0) is 4.74 Å². The van der Waals surface area contributed by atoms with E-state index in [-0.39, 0.29) is 6.03 Å². The Balaban J connectivity index is 1.56. The first kappa shape index (κ1) is 16.3. The molecule has 2 heterocycles. The van der Waals surface area contributed by atoms with Gasteiger partial charge >= 0.3 is 6.03 Å². The normalized spacial score (nSPS) is 16.8. The molecular formula is C15H25N3O2S. The molecule has 0 atom stereocenters. The Kier molecular flexibility index (Phi) is 6.99. The molecule has 0 spiro atoms. The minimum atomic E-state index is -0.111. The Labute approximate surface area is 130 Å². The predicted octanol–water partition coefficient (Wildman–Crippen LogP) is 1.87. The van der Waals surface area contributed by atoms with Crippen molar-refractivity contribution in [2.75, 3.05) is 46.4 Å². The number of urea groups is 1. The molecule has 2 N–H and O–H groups in total. The SMILES string of the molecule is COCCNC(=O)NCCN1CCC(c2cccs2)CC1. The monoisotopic (exact) mass is 311 g/mol. The lowest BCUT2D eigenvalue weighted by Crippen LogP contribution is -2.43. The molecule has 21 heavy (non-hydrogen) atoms. The predicted molar refractivity (Wildman–Crippen MR) is 86.0 cm³/mol. The number of hydrogen-bond donors (Lipinski definition) is 2. The van der Waals surface area contributed by atoms with Gasteiger partial charge in [0.05, 0.1) is 6.61 Å². The average Bonchev–Trinajstić information content (AvgIpc) is 3.02. The van der Waals surface area contributed by atoms with Crippen molar-refractivity contribution < 1.29 is 9.53 Å². The first-order valence-corrected chi connectivity index (χ1v) is 8.44. The average molecular weight is 311 g/mol. The summed E-state index contributed by atoms with van der Waals surface area (Å²) in [6, 6.07) is 4.27. The number of amides is 2. The Morgan fingerprint density at radius 2 is 2.14 bits per heavy atom. The van der Waals surface area contributed by atoms with Crippen LogP contribution in [0.15, 0.2) is 17.5 Å². The van der Waals surface area contributed by atoms with Crippen molar-refractivity contribution in [3.8, 4) is 0 Å². The third kappa shape index (κ3) is 5.65. The molecule has 5 nitrogen and oxygen atoms in total. The van der Waals surface area contributed by atoms with Crippen LogP contribution in [0.2, 0.25) is 0 Å². The molecule has 1 aliphatic heterocycles. The lowest BCUT2D eigenvalue weighted by molar-refractivity contribution is 0.193. The zero-order chi connectivity index (χ0) is 14.9. The molecule has 0 saturated carbocycles.